The van der Waals surface area contributed by atoms with Crippen molar-refractivity contribution in [1.82, 2.24) is 25.3 Å². The summed E-state index contributed by atoms with van der Waals surface area (Å²) in [6.45, 7) is 6.34. The highest BCUT2D eigenvalue weighted by Crippen LogP contribution is 2.34. The number of nitrogens with zero attached hydrogens (tertiary/aromatic N) is 6. The van der Waals surface area contributed by atoms with Crippen molar-refractivity contribution < 1.29 is 4.74 Å². The summed E-state index contributed by atoms with van der Waals surface area (Å²) < 4.78 is 6.89. The molecule has 1 aromatic carbocycles. The van der Waals surface area contributed by atoms with Crippen molar-refractivity contribution in [2.45, 2.75) is 39.3 Å². The number of ether oxygens (including phenoxy) is 1. The van der Waals surface area contributed by atoms with Gasteiger partial charge in [0.2, 0.25) is 11.8 Å². The van der Waals surface area contributed by atoms with Crippen LogP contribution in [-0.4, -0.2) is 39.1 Å². The molecular weight excluding hydrogens is 470 g/mol. The van der Waals surface area contributed by atoms with E-state index in [9.17, 15) is 5.26 Å². The maximum atomic E-state index is 9.22. The summed E-state index contributed by atoms with van der Waals surface area (Å²) in [7, 11) is 0. The molecule has 0 radical (unpaired) electrons. The highest BCUT2D eigenvalue weighted by atomic mass is 79.9. The summed E-state index contributed by atoms with van der Waals surface area (Å²) in [5, 5.41) is 12.6. The van der Waals surface area contributed by atoms with Gasteiger partial charge in [0.1, 0.15) is 12.1 Å². The lowest BCUT2D eigenvalue weighted by atomic mass is 10.0. The van der Waals surface area contributed by atoms with Gasteiger partial charge in [0.25, 0.3) is 0 Å². The monoisotopic (exact) mass is 493 g/mol. The third-order valence-corrected chi connectivity index (χ3v) is 6.01. The lowest BCUT2D eigenvalue weighted by Gasteiger charge is -2.34. The van der Waals surface area contributed by atoms with Gasteiger partial charge in [-0.25, -0.2) is 15.0 Å². The van der Waals surface area contributed by atoms with Crippen LogP contribution in [0.2, 0.25) is 0 Å². The largest absolute Gasteiger partial charge is 0.437 e. The van der Waals surface area contributed by atoms with Gasteiger partial charge in [-0.3, -0.25) is 0 Å². The number of hydrogen-bond donors (Lipinski definition) is 1. The quantitative estimate of drug-likeness (QED) is 0.548. The number of hydrogen-bond acceptors (Lipinski definition) is 8. The van der Waals surface area contributed by atoms with Gasteiger partial charge in [-0.1, -0.05) is 0 Å². The van der Waals surface area contributed by atoms with Gasteiger partial charge in [0, 0.05) is 12.2 Å². The molecule has 4 rings (SSSR count). The average molecular weight is 494 g/mol. The zero-order chi connectivity index (χ0) is 22.5. The Bertz CT molecular complexity index is 1100. The third kappa shape index (κ3) is 5.03. The third-order valence-electron chi connectivity index (χ3n) is 5.47. The fraction of sp³-hybridized carbons (Fsp3) is 0.348. The Kier molecular flexibility index (Phi) is 6.93. The smallest absolute Gasteiger partial charge is 0.238 e. The lowest BCUT2D eigenvalue weighted by molar-refractivity contribution is 0.416. The molecule has 9 heteroatoms. The first kappa shape index (κ1) is 22.1. The second-order valence-corrected chi connectivity index (χ2v) is 8.64. The molecule has 164 valence electrons. The number of rotatable bonds is 6. The predicted octanol–water partition coefficient (Wildman–Crippen LogP) is 4.07. The zero-order valence-corrected chi connectivity index (χ0v) is 19.6. The number of halogens is 1. The first-order valence-electron chi connectivity index (χ1n) is 10.5. The van der Waals surface area contributed by atoms with Gasteiger partial charge in [-0.2, -0.15) is 10.2 Å². The van der Waals surface area contributed by atoms with E-state index in [0.29, 0.717) is 40.2 Å². The second kappa shape index (κ2) is 10.0. The number of benzene rings is 1. The summed E-state index contributed by atoms with van der Waals surface area (Å²) >= 11 is 3.53. The van der Waals surface area contributed by atoms with E-state index in [0.717, 1.165) is 42.8 Å². The number of piperidine rings is 1. The number of nitrogens with one attached hydrogen (secondary N) is 1. The van der Waals surface area contributed by atoms with E-state index in [2.05, 4.69) is 47.2 Å². The Balaban J connectivity index is 1.68. The van der Waals surface area contributed by atoms with Crippen molar-refractivity contribution in [1.29, 1.82) is 5.26 Å². The number of aryl methyl sites for hydroxylation is 2. The van der Waals surface area contributed by atoms with Crippen LogP contribution in [0.3, 0.4) is 0 Å². The minimum absolute atomic E-state index is 0.290. The summed E-state index contributed by atoms with van der Waals surface area (Å²) in [5.74, 6) is 1.73. The molecule has 2 aromatic heterocycles. The van der Waals surface area contributed by atoms with Crippen molar-refractivity contribution in [3.63, 3.8) is 0 Å². The van der Waals surface area contributed by atoms with Crippen molar-refractivity contribution in [2.75, 3.05) is 18.0 Å². The molecule has 0 spiro atoms. The van der Waals surface area contributed by atoms with E-state index in [1.54, 1.807) is 18.7 Å². The molecule has 0 saturated carbocycles. The minimum atomic E-state index is 0.290. The maximum Gasteiger partial charge on any atom is 0.238 e. The number of anilines is 1. The topological polar surface area (TPSA) is 99.9 Å². The highest BCUT2D eigenvalue weighted by Gasteiger charge is 2.25. The molecule has 0 amide bonds. The van der Waals surface area contributed by atoms with Crippen LogP contribution >= 0.6 is 15.9 Å². The van der Waals surface area contributed by atoms with E-state index < -0.39 is 0 Å². The fourth-order valence-electron chi connectivity index (χ4n) is 3.89. The summed E-state index contributed by atoms with van der Waals surface area (Å²) in [4.78, 5) is 20.0. The standard InChI is InChI=1S/C23H24BrN7O/c1-15-9-17(11-25)10-16(2)21(15)32-22-20(24)12-28-23(30-22)31(19-4-7-26-8-5-19)13-18-3-6-27-14-29-18/h3,6,9-10,12,14,19,26H,4-5,7-8,13H2,1-2H3. The molecule has 0 aliphatic carbocycles. The van der Waals surface area contributed by atoms with E-state index >= 15 is 0 Å². The average Bonchev–Trinajstić information content (AvgIpc) is 2.82. The molecule has 0 unspecified atom stereocenters. The van der Waals surface area contributed by atoms with E-state index in [4.69, 9.17) is 9.72 Å². The van der Waals surface area contributed by atoms with Gasteiger partial charge in [-0.15, -0.1) is 0 Å². The highest BCUT2D eigenvalue weighted by molar-refractivity contribution is 9.10. The van der Waals surface area contributed by atoms with Crippen LogP contribution in [0.15, 0.2) is 41.4 Å². The number of nitriles is 1. The van der Waals surface area contributed by atoms with Crippen molar-refractivity contribution in [3.8, 4) is 17.7 Å². The molecule has 1 saturated heterocycles. The Morgan fingerprint density at radius 1 is 1.22 bits per heavy atom. The molecule has 3 aromatic rings. The van der Waals surface area contributed by atoms with Crippen LogP contribution < -0.4 is 15.0 Å². The van der Waals surface area contributed by atoms with E-state index in [1.807, 2.05) is 32.0 Å². The molecule has 8 nitrogen and oxygen atoms in total. The van der Waals surface area contributed by atoms with Crippen molar-refractivity contribution >= 4 is 21.9 Å². The van der Waals surface area contributed by atoms with Gasteiger partial charge in [-0.05, 0) is 85.0 Å². The lowest BCUT2D eigenvalue weighted by Crippen LogP contribution is -2.43. The summed E-state index contributed by atoms with van der Waals surface area (Å²) in [5.41, 5.74) is 3.28. The van der Waals surface area contributed by atoms with Gasteiger partial charge < -0.3 is 15.0 Å². The first-order chi connectivity index (χ1) is 15.5. The Morgan fingerprint density at radius 2 is 1.97 bits per heavy atom. The molecule has 1 aliphatic rings. The van der Waals surface area contributed by atoms with Gasteiger partial charge >= 0.3 is 0 Å². The van der Waals surface area contributed by atoms with E-state index in [-0.39, 0.29) is 0 Å². The predicted molar refractivity (Wildman–Crippen MR) is 125 cm³/mol. The van der Waals surface area contributed by atoms with Crippen LogP contribution in [0.1, 0.15) is 35.2 Å². The van der Waals surface area contributed by atoms with Crippen LogP contribution in [-0.2, 0) is 6.54 Å². The van der Waals surface area contributed by atoms with Crippen LogP contribution in [0, 0.1) is 25.2 Å². The molecular formula is C23H24BrN7O. The molecule has 3 heterocycles. The normalized spacial score (nSPS) is 14.1. The second-order valence-electron chi connectivity index (χ2n) is 7.79. The van der Waals surface area contributed by atoms with Crippen LogP contribution in [0.4, 0.5) is 5.95 Å². The fourth-order valence-corrected chi connectivity index (χ4v) is 4.16. The molecule has 0 bridgehead atoms. The number of aromatic nitrogens is 4. The van der Waals surface area contributed by atoms with Crippen LogP contribution in [0.5, 0.6) is 11.6 Å². The summed E-state index contributed by atoms with van der Waals surface area (Å²) in [6.07, 6.45) is 7.02. The SMILES string of the molecule is Cc1cc(C#N)cc(C)c1Oc1nc(N(Cc2ccncn2)C2CCNCC2)ncc1Br. The van der Waals surface area contributed by atoms with Crippen LogP contribution in [0.25, 0.3) is 0 Å². The van der Waals surface area contributed by atoms with Gasteiger partial charge in [0.15, 0.2) is 0 Å². The van der Waals surface area contributed by atoms with Gasteiger partial charge in [0.05, 0.1) is 34.5 Å². The molecule has 1 fully saturated rings. The van der Waals surface area contributed by atoms with E-state index in [1.165, 1.54) is 0 Å². The molecule has 0 atom stereocenters. The molecule has 1 aliphatic heterocycles. The molecule has 1 N–H and O–H groups in total. The van der Waals surface area contributed by atoms with Crippen molar-refractivity contribution in [3.05, 3.63) is 63.8 Å². The first-order valence-corrected chi connectivity index (χ1v) is 11.3. The Morgan fingerprint density at radius 3 is 2.62 bits per heavy atom. The van der Waals surface area contributed by atoms with Crippen molar-refractivity contribution in [2.24, 2.45) is 0 Å². The summed E-state index contributed by atoms with van der Waals surface area (Å²) in [6, 6.07) is 8.01. The Hall–Kier alpha value is -3.09. The zero-order valence-electron chi connectivity index (χ0n) is 18.0. The Labute approximate surface area is 195 Å². The molecule has 32 heavy (non-hydrogen) atoms. The minimum Gasteiger partial charge on any atom is -0.437 e. The maximum absolute atomic E-state index is 9.22.